The first-order valence-electron chi connectivity index (χ1n) is 9.02. The van der Waals surface area contributed by atoms with Gasteiger partial charge < -0.3 is 16.0 Å². The van der Waals surface area contributed by atoms with Crippen molar-refractivity contribution in [1.82, 2.24) is 10.3 Å². The standard InChI is InChI=1S/C21H22N4O.ClH/c26-21(25-16-5-2-1-3-6-16)15-13-18-19(23-14-15)7-4-8-20(18)24-17-9-11-22-12-10-17;/h1-8,13-14,17,22,24H,9-12H2,(H,25,26);1H. The zero-order valence-electron chi connectivity index (χ0n) is 14.9. The fraction of sp³-hybridized carbons (Fsp3) is 0.238. The number of anilines is 2. The van der Waals surface area contributed by atoms with Crippen molar-refractivity contribution in [3.05, 3.63) is 66.4 Å². The van der Waals surface area contributed by atoms with Crippen molar-refractivity contribution in [2.75, 3.05) is 23.7 Å². The van der Waals surface area contributed by atoms with Crippen LogP contribution in [0.1, 0.15) is 23.2 Å². The molecule has 4 rings (SSSR count). The molecule has 0 spiro atoms. The number of carbonyl (C=O) groups is 1. The fourth-order valence-electron chi connectivity index (χ4n) is 3.31. The number of aromatic nitrogens is 1. The van der Waals surface area contributed by atoms with E-state index < -0.39 is 0 Å². The molecule has 1 saturated heterocycles. The minimum atomic E-state index is -0.151. The summed E-state index contributed by atoms with van der Waals surface area (Å²) < 4.78 is 0. The van der Waals surface area contributed by atoms with E-state index in [1.54, 1.807) is 6.20 Å². The molecule has 0 saturated carbocycles. The molecule has 0 unspecified atom stereocenters. The SMILES string of the molecule is Cl.O=C(Nc1ccccc1)c1cnc2cccc(NC3CCNCC3)c2c1. The summed E-state index contributed by atoms with van der Waals surface area (Å²) in [5, 5.41) is 10.9. The Bertz CT molecular complexity index is 910. The Labute approximate surface area is 165 Å². The van der Waals surface area contributed by atoms with Crippen LogP contribution in [0.2, 0.25) is 0 Å². The van der Waals surface area contributed by atoms with Crippen LogP contribution in [0.3, 0.4) is 0 Å². The van der Waals surface area contributed by atoms with E-state index in [1.165, 1.54) is 0 Å². The predicted molar refractivity (Wildman–Crippen MR) is 113 cm³/mol. The molecule has 3 N–H and O–H groups in total. The van der Waals surface area contributed by atoms with Crippen LogP contribution in [0.25, 0.3) is 10.9 Å². The smallest absolute Gasteiger partial charge is 0.257 e. The quantitative estimate of drug-likeness (QED) is 0.636. The highest BCUT2D eigenvalue weighted by atomic mass is 35.5. The molecule has 1 fully saturated rings. The monoisotopic (exact) mass is 382 g/mol. The average Bonchev–Trinajstić information content (AvgIpc) is 2.69. The summed E-state index contributed by atoms with van der Waals surface area (Å²) in [5.41, 5.74) is 3.26. The minimum Gasteiger partial charge on any atom is -0.382 e. The molecule has 140 valence electrons. The Balaban J connectivity index is 0.00000210. The first-order chi connectivity index (χ1) is 12.8. The highest BCUT2D eigenvalue weighted by molar-refractivity contribution is 6.07. The molecule has 1 aliphatic rings. The van der Waals surface area contributed by atoms with Gasteiger partial charge in [-0.3, -0.25) is 9.78 Å². The summed E-state index contributed by atoms with van der Waals surface area (Å²) in [6.45, 7) is 2.07. The van der Waals surface area contributed by atoms with Gasteiger partial charge in [0.25, 0.3) is 5.91 Å². The predicted octanol–water partition coefficient (Wildman–Crippen LogP) is 4.07. The number of carbonyl (C=O) groups excluding carboxylic acids is 1. The summed E-state index contributed by atoms with van der Waals surface area (Å²) in [5.74, 6) is -0.151. The van der Waals surface area contributed by atoms with Crippen molar-refractivity contribution >= 4 is 40.6 Å². The molecule has 1 amide bonds. The van der Waals surface area contributed by atoms with Crippen molar-refractivity contribution < 1.29 is 4.79 Å². The molecule has 3 aromatic rings. The van der Waals surface area contributed by atoms with Gasteiger partial charge in [0.2, 0.25) is 0 Å². The number of hydrogen-bond acceptors (Lipinski definition) is 4. The maximum absolute atomic E-state index is 12.6. The van der Waals surface area contributed by atoms with Crippen LogP contribution in [-0.4, -0.2) is 30.0 Å². The third kappa shape index (κ3) is 4.56. The number of hydrogen-bond donors (Lipinski definition) is 3. The third-order valence-electron chi connectivity index (χ3n) is 4.72. The molecular formula is C21H23ClN4O. The van der Waals surface area contributed by atoms with Crippen LogP contribution >= 0.6 is 12.4 Å². The number of rotatable bonds is 4. The molecule has 0 atom stereocenters. The molecule has 27 heavy (non-hydrogen) atoms. The lowest BCUT2D eigenvalue weighted by atomic mass is 10.0. The van der Waals surface area contributed by atoms with Gasteiger partial charge in [-0.1, -0.05) is 24.3 Å². The third-order valence-corrected chi connectivity index (χ3v) is 4.72. The summed E-state index contributed by atoms with van der Waals surface area (Å²) in [7, 11) is 0. The van der Waals surface area contributed by atoms with Crippen LogP contribution in [-0.2, 0) is 0 Å². The Hall–Kier alpha value is -2.63. The maximum atomic E-state index is 12.6. The van der Waals surface area contributed by atoms with Crippen LogP contribution in [0.5, 0.6) is 0 Å². The van der Waals surface area contributed by atoms with Gasteiger partial charge in [0.1, 0.15) is 0 Å². The summed E-state index contributed by atoms with van der Waals surface area (Å²) in [4.78, 5) is 17.1. The zero-order valence-corrected chi connectivity index (χ0v) is 15.8. The molecule has 0 aliphatic carbocycles. The van der Waals surface area contributed by atoms with Gasteiger partial charge in [-0.05, 0) is 56.3 Å². The van der Waals surface area contributed by atoms with Crippen LogP contribution in [0.15, 0.2) is 60.8 Å². The molecule has 5 nitrogen and oxygen atoms in total. The van der Waals surface area contributed by atoms with E-state index in [0.29, 0.717) is 11.6 Å². The van der Waals surface area contributed by atoms with Gasteiger partial charge in [-0.15, -0.1) is 12.4 Å². The van der Waals surface area contributed by atoms with Gasteiger partial charge in [0.15, 0.2) is 0 Å². The van der Waals surface area contributed by atoms with E-state index in [-0.39, 0.29) is 18.3 Å². The van der Waals surface area contributed by atoms with Gasteiger partial charge in [-0.2, -0.15) is 0 Å². The largest absolute Gasteiger partial charge is 0.382 e. The number of amides is 1. The first-order valence-corrected chi connectivity index (χ1v) is 9.02. The topological polar surface area (TPSA) is 66.0 Å². The molecule has 2 aromatic carbocycles. The van der Waals surface area contributed by atoms with Crippen molar-refractivity contribution in [1.29, 1.82) is 0 Å². The molecule has 0 radical (unpaired) electrons. The van der Waals surface area contributed by atoms with Crippen LogP contribution in [0, 0.1) is 0 Å². The Morgan fingerprint density at radius 1 is 1.04 bits per heavy atom. The molecule has 6 heteroatoms. The lowest BCUT2D eigenvalue weighted by Crippen LogP contribution is -2.35. The van der Waals surface area contributed by atoms with E-state index in [2.05, 4.69) is 27.0 Å². The number of nitrogens with one attached hydrogen (secondary N) is 3. The number of piperidine rings is 1. The second-order valence-corrected chi connectivity index (χ2v) is 6.59. The average molecular weight is 383 g/mol. The van der Waals surface area contributed by atoms with Gasteiger partial charge >= 0.3 is 0 Å². The maximum Gasteiger partial charge on any atom is 0.257 e. The highest BCUT2D eigenvalue weighted by Gasteiger charge is 2.15. The number of benzene rings is 2. The first kappa shape index (κ1) is 19.1. The fourth-order valence-corrected chi connectivity index (χ4v) is 3.31. The Morgan fingerprint density at radius 2 is 1.81 bits per heavy atom. The Kier molecular flexibility index (Phi) is 6.27. The van der Waals surface area contributed by atoms with E-state index in [1.807, 2.05) is 48.5 Å². The normalized spacial score (nSPS) is 14.4. The van der Waals surface area contributed by atoms with E-state index >= 15 is 0 Å². The second-order valence-electron chi connectivity index (χ2n) is 6.59. The number of para-hydroxylation sites is 1. The van der Waals surface area contributed by atoms with Crippen molar-refractivity contribution in [3.63, 3.8) is 0 Å². The molecule has 1 aromatic heterocycles. The summed E-state index contributed by atoms with van der Waals surface area (Å²) in [6.07, 6.45) is 3.82. The zero-order chi connectivity index (χ0) is 17.8. The molecule has 2 heterocycles. The van der Waals surface area contributed by atoms with Crippen molar-refractivity contribution in [2.45, 2.75) is 18.9 Å². The number of fused-ring (bicyclic) bond motifs is 1. The minimum absolute atomic E-state index is 0. The molecule has 0 bridgehead atoms. The number of pyridine rings is 1. The van der Waals surface area contributed by atoms with E-state index in [0.717, 1.165) is 48.2 Å². The van der Waals surface area contributed by atoms with Gasteiger partial charge in [0.05, 0.1) is 11.1 Å². The van der Waals surface area contributed by atoms with E-state index in [9.17, 15) is 4.79 Å². The summed E-state index contributed by atoms with van der Waals surface area (Å²) in [6, 6.07) is 17.9. The van der Waals surface area contributed by atoms with Gasteiger partial charge in [-0.25, -0.2) is 0 Å². The summed E-state index contributed by atoms with van der Waals surface area (Å²) >= 11 is 0. The van der Waals surface area contributed by atoms with Crippen LogP contribution in [0.4, 0.5) is 11.4 Å². The number of halogens is 1. The van der Waals surface area contributed by atoms with Crippen LogP contribution < -0.4 is 16.0 Å². The number of nitrogens with zero attached hydrogens (tertiary/aromatic N) is 1. The van der Waals surface area contributed by atoms with Crippen molar-refractivity contribution in [2.24, 2.45) is 0 Å². The lowest BCUT2D eigenvalue weighted by Gasteiger charge is -2.25. The second kappa shape index (κ2) is 8.84. The lowest BCUT2D eigenvalue weighted by molar-refractivity contribution is 0.102. The van der Waals surface area contributed by atoms with Gasteiger partial charge in [0, 0.05) is 29.0 Å². The highest BCUT2D eigenvalue weighted by Crippen LogP contribution is 2.25. The van der Waals surface area contributed by atoms with E-state index in [4.69, 9.17) is 0 Å². The Morgan fingerprint density at radius 3 is 2.59 bits per heavy atom. The molecular weight excluding hydrogens is 360 g/mol. The molecule has 1 aliphatic heterocycles. The van der Waals surface area contributed by atoms with Crippen molar-refractivity contribution in [3.8, 4) is 0 Å².